The van der Waals surface area contributed by atoms with Crippen molar-refractivity contribution in [2.75, 3.05) is 13.6 Å². The summed E-state index contributed by atoms with van der Waals surface area (Å²) < 4.78 is 5.63. The van der Waals surface area contributed by atoms with E-state index in [-0.39, 0.29) is 11.6 Å². The fourth-order valence-corrected chi connectivity index (χ4v) is 2.27. The maximum absolute atomic E-state index is 11.7. The summed E-state index contributed by atoms with van der Waals surface area (Å²) in [5.74, 6) is 0.194. The second-order valence-corrected chi connectivity index (χ2v) is 5.32. The molecule has 98 valence electrons. The molecule has 3 nitrogen and oxygen atoms in total. The molecule has 1 aliphatic rings. The number of rotatable bonds is 6. The van der Waals surface area contributed by atoms with Crippen molar-refractivity contribution in [1.82, 2.24) is 4.90 Å². The maximum atomic E-state index is 11.7. The summed E-state index contributed by atoms with van der Waals surface area (Å²) in [7, 11) is 2.13. The molecule has 0 radical (unpaired) electrons. The van der Waals surface area contributed by atoms with E-state index in [9.17, 15) is 4.79 Å². The predicted octanol–water partition coefficient (Wildman–Crippen LogP) is 2.61. The van der Waals surface area contributed by atoms with Gasteiger partial charge in [-0.2, -0.15) is 0 Å². The zero-order valence-corrected chi connectivity index (χ0v) is 11.7. The number of hydrogen-bond acceptors (Lipinski definition) is 3. The van der Waals surface area contributed by atoms with Crippen LogP contribution in [-0.4, -0.2) is 36.1 Å². The first-order chi connectivity index (χ1) is 7.85. The van der Waals surface area contributed by atoms with Crippen LogP contribution in [0.25, 0.3) is 0 Å². The number of carbonyl (C=O) groups excluding carboxylic acids is 1. The van der Waals surface area contributed by atoms with Gasteiger partial charge in [0.15, 0.2) is 0 Å². The van der Waals surface area contributed by atoms with Gasteiger partial charge in [-0.3, -0.25) is 0 Å². The van der Waals surface area contributed by atoms with Gasteiger partial charge in [0.05, 0.1) is 0 Å². The van der Waals surface area contributed by atoms with Gasteiger partial charge in [0, 0.05) is 17.5 Å². The molecule has 0 aliphatic heterocycles. The molecular formula is C14H25NO2. The minimum Gasteiger partial charge on any atom is -0.456 e. The summed E-state index contributed by atoms with van der Waals surface area (Å²) in [6.45, 7) is 12.6. The summed E-state index contributed by atoms with van der Waals surface area (Å²) in [6.07, 6.45) is 1.98. The van der Waals surface area contributed by atoms with Gasteiger partial charge in [-0.05, 0) is 40.3 Å². The van der Waals surface area contributed by atoms with E-state index in [0.717, 1.165) is 19.4 Å². The second-order valence-electron chi connectivity index (χ2n) is 5.32. The normalized spacial score (nSPS) is 26.5. The van der Waals surface area contributed by atoms with Crippen LogP contribution in [0, 0.1) is 5.92 Å². The Kier molecular flexibility index (Phi) is 4.36. The largest absolute Gasteiger partial charge is 0.456 e. The van der Waals surface area contributed by atoms with Gasteiger partial charge in [0.1, 0.15) is 5.60 Å². The Morgan fingerprint density at radius 1 is 1.53 bits per heavy atom. The standard InChI is InChI=1S/C14H25NO2/c1-7-14(5,17-13(16)10(3)4)11-9-12(11)15(6)8-2/h11-12H,3,7-9H2,1-2,4-6H3. The van der Waals surface area contributed by atoms with Gasteiger partial charge < -0.3 is 9.64 Å². The molecule has 1 fully saturated rings. The van der Waals surface area contributed by atoms with Gasteiger partial charge in [-0.25, -0.2) is 4.79 Å². The lowest BCUT2D eigenvalue weighted by Gasteiger charge is -2.30. The minimum atomic E-state index is -0.343. The predicted molar refractivity (Wildman–Crippen MR) is 69.8 cm³/mol. The third-order valence-corrected chi connectivity index (χ3v) is 3.98. The number of hydrogen-bond donors (Lipinski definition) is 0. The van der Waals surface area contributed by atoms with Crippen LogP contribution < -0.4 is 0 Å². The number of carbonyl (C=O) groups is 1. The van der Waals surface area contributed by atoms with Crippen LogP contribution in [-0.2, 0) is 9.53 Å². The zero-order valence-electron chi connectivity index (χ0n) is 11.7. The van der Waals surface area contributed by atoms with E-state index < -0.39 is 0 Å². The van der Waals surface area contributed by atoms with E-state index in [1.54, 1.807) is 6.92 Å². The van der Waals surface area contributed by atoms with Crippen molar-refractivity contribution < 1.29 is 9.53 Å². The van der Waals surface area contributed by atoms with Crippen LogP contribution in [0.15, 0.2) is 12.2 Å². The highest BCUT2D eigenvalue weighted by Crippen LogP contribution is 2.46. The summed E-state index contributed by atoms with van der Waals surface area (Å²) in [6, 6.07) is 0.558. The van der Waals surface area contributed by atoms with Crippen molar-refractivity contribution >= 4 is 5.97 Å². The van der Waals surface area contributed by atoms with Crippen LogP contribution in [0.4, 0.5) is 0 Å². The van der Waals surface area contributed by atoms with Gasteiger partial charge in [0.25, 0.3) is 0 Å². The van der Waals surface area contributed by atoms with Gasteiger partial charge >= 0.3 is 5.97 Å². The molecule has 0 N–H and O–H groups in total. The lowest BCUT2D eigenvalue weighted by Crippen LogP contribution is -2.37. The highest BCUT2D eigenvalue weighted by molar-refractivity contribution is 5.87. The van der Waals surface area contributed by atoms with Crippen LogP contribution in [0.5, 0.6) is 0 Å². The van der Waals surface area contributed by atoms with Crippen molar-refractivity contribution in [3.63, 3.8) is 0 Å². The maximum Gasteiger partial charge on any atom is 0.333 e. The molecule has 1 aliphatic carbocycles. The van der Waals surface area contributed by atoms with Gasteiger partial charge in [-0.1, -0.05) is 20.4 Å². The molecule has 0 aromatic carbocycles. The molecule has 0 amide bonds. The Bertz CT molecular complexity index is 313. The highest BCUT2D eigenvalue weighted by Gasteiger charge is 2.53. The molecule has 17 heavy (non-hydrogen) atoms. The zero-order chi connectivity index (χ0) is 13.2. The first-order valence-corrected chi connectivity index (χ1v) is 6.44. The monoisotopic (exact) mass is 239 g/mol. The molecule has 3 unspecified atom stereocenters. The summed E-state index contributed by atoms with van der Waals surface area (Å²) in [4.78, 5) is 14.0. The SMILES string of the molecule is C=C(C)C(=O)OC(C)(CC)C1CC1N(C)CC. The molecule has 3 atom stereocenters. The van der Waals surface area contributed by atoms with E-state index >= 15 is 0 Å². The van der Waals surface area contributed by atoms with Crippen LogP contribution in [0.2, 0.25) is 0 Å². The van der Waals surface area contributed by atoms with Crippen molar-refractivity contribution in [3.05, 3.63) is 12.2 Å². The Morgan fingerprint density at radius 3 is 2.53 bits per heavy atom. The third-order valence-electron chi connectivity index (χ3n) is 3.98. The molecule has 1 saturated carbocycles. The number of esters is 1. The fraction of sp³-hybridized carbons (Fsp3) is 0.786. The average Bonchev–Trinajstić information content (AvgIpc) is 3.08. The van der Waals surface area contributed by atoms with E-state index in [1.165, 1.54) is 0 Å². The lowest BCUT2D eigenvalue weighted by atomic mass is 9.96. The minimum absolute atomic E-state index is 0.265. The number of ether oxygens (including phenoxy) is 1. The molecule has 0 saturated heterocycles. The topological polar surface area (TPSA) is 29.5 Å². The molecule has 0 aromatic heterocycles. The first-order valence-electron chi connectivity index (χ1n) is 6.44. The Balaban J connectivity index is 2.65. The van der Waals surface area contributed by atoms with Crippen molar-refractivity contribution in [3.8, 4) is 0 Å². The molecule has 0 bridgehead atoms. The highest BCUT2D eigenvalue weighted by atomic mass is 16.6. The van der Waals surface area contributed by atoms with Crippen molar-refractivity contribution in [2.24, 2.45) is 5.92 Å². The summed E-state index contributed by atoms with van der Waals surface area (Å²) in [5.41, 5.74) is 0.134. The van der Waals surface area contributed by atoms with Crippen LogP contribution in [0.3, 0.4) is 0 Å². The summed E-state index contributed by atoms with van der Waals surface area (Å²) in [5, 5.41) is 0. The van der Waals surface area contributed by atoms with Crippen molar-refractivity contribution in [1.29, 1.82) is 0 Å². The Labute approximate surface area is 105 Å². The first kappa shape index (κ1) is 14.2. The Morgan fingerprint density at radius 2 is 2.12 bits per heavy atom. The van der Waals surface area contributed by atoms with Crippen LogP contribution in [0.1, 0.15) is 40.5 Å². The van der Waals surface area contributed by atoms with Gasteiger partial charge in [-0.15, -0.1) is 0 Å². The number of nitrogens with zero attached hydrogens (tertiary/aromatic N) is 1. The molecule has 3 heteroatoms. The van der Waals surface area contributed by atoms with E-state index in [4.69, 9.17) is 4.74 Å². The quantitative estimate of drug-likeness (QED) is 0.527. The lowest BCUT2D eigenvalue weighted by molar-refractivity contribution is -0.156. The van der Waals surface area contributed by atoms with Crippen molar-refractivity contribution in [2.45, 2.75) is 52.2 Å². The molecule has 0 aromatic rings. The molecule has 1 rings (SSSR count). The molecule has 0 spiro atoms. The van der Waals surface area contributed by atoms with Crippen LogP contribution >= 0.6 is 0 Å². The second kappa shape index (κ2) is 5.21. The smallest absolute Gasteiger partial charge is 0.333 e. The molecular weight excluding hydrogens is 214 g/mol. The Hall–Kier alpha value is -0.830. The van der Waals surface area contributed by atoms with E-state index in [1.807, 2.05) is 6.92 Å². The molecule has 0 heterocycles. The summed E-state index contributed by atoms with van der Waals surface area (Å²) >= 11 is 0. The van der Waals surface area contributed by atoms with E-state index in [0.29, 0.717) is 17.5 Å². The fourth-order valence-electron chi connectivity index (χ4n) is 2.27. The van der Waals surface area contributed by atoms with E-state index in [2.05, 4.69) is 32.4 Å². The average molecular weight is 239 g/mol. The third kappa shape index (κ3) is 3.09. The van der Waals surface area contributed by atoms with Gasteiger partial charge in [0.2, 0.25) is 0 Å².